The number of aliphatic hydroxyl groups excluding tert-OH is 1. The number of hydrogen-bond acceptors (Lipinski definition) is 7. The molecule has 0 spiro atoms. The Kier molecular flexibility index (Phi) is 5.54. The van der Waals surface area contributed by atoms with Gasteiger partial charge < -0.3 is 15.2 Å². The second-order valence-electron chi connectivity index (χ2n) is 6.87. The minimum absolute atomic E-state index is 0.227. The largest absolute Gasteiger partial charge is 0.444 e. The molecule has 11 heteroatoms. The third kappa shape index (κ3) is 4.48. The van der Waals surface area contributed by atoms with Crippen molar-refractivity contribution in [2.45, 2.75) is 43.4 Å². The first-order valence-electron chi connectivity index (χ1n) is 7.83. The highest BCUT2D eigenvalue weighted by Crippen LogP contribution is 2.28. The fourth-order valence-corrected chi connectivity index (χ4v) is 4.16. The minimum atomic E-state index is -4.21. The topological polar surface area (TPSA) is 139 Å². The lowest BCUT2D eigenvalue weighted by molar-refractivity contribution is -0.387. The molecule has 26 heavy (non-hydrogen) atoms. The lowest BCUT2D eigenvalue weighted by atomic mass is 10.2. The van der Waals surface area contributed by atoms with Crippen LogP contribution in [0.1, 0.15) is 20.8 Å². The normalized spacial score (nSPS) is 21.4. The average molecular weight is 387 g/mol. The highest BCUT2D eigenvalue weighted by Gasteiger charge is 2.41. The van der Waals surface area contributed by atoms with E-state index in [0.29, 0.717) is 0 Å². The lowest BCUT2D eigenvalue weighted by Gasteiger charge is -2.22. The number of β-amino-alcohol motifs (C(OH)–C–C–N with tert-alkyl or cyclic N) is 1. The predicted octanol–water partition coefficient (Wildman–Crippen LogP) is 0.853. The quantitative estimate of drug-likeness (QED) is 0.577. The maximum absolute atomic E-state index is 12.7. The Balaban J connectivity index is 2.18. The van der Waals surface area contributed by atoms with Gasteiger partial charge in [-0.15, -0.1) is 0 Å². The summed E-state index contributed by atoms with van der Waals surface area (Å²) in [6, 6.07) is 4.08. The highest BCUT2D eigenvalue weighted by atomic mass is 32.2. The van der Waals surface area contributed by atoms with Gasteiger partial charge in [-0.05, 0) is 26.8 Å². The number of benzene rings is 1. The zero-order chi connectivity index (χ0) is 19.7. The molecule has 1 saturated heterocycles. The van der Waals surface area contributed by atoms with Gasteiger partial charge in [0.15, 0.2) is 4.90 Å². The van der Waals surface area contributed by atoms with Gasteiger partial charge in [0.1, 0.15) is 5.60 Å². The molecule has 0 aliphatic carbocycles. The number of rotatable bonds is 4. The molecule has 1 aliphatic heterocycles. The number of nitrogens with one attached hydrogen (secondary N) is 1. The van der Waals surface area contributed by atoms with Gasteiger partial charge in [0.25, 0.3) is 5.69 Å². The number of sulfonamides is 1. The van der Waals surface area contributed by atoms with Crippen molar-refractivity contribution in [1.29, 1.82) is 0 Å². The number of alkyl carbamates (subject to hydrolysis) is 1. The van der Waals surface area contributed by atoms with Gasteiger partial charge in [-0.2, -0.15) is 4.31 Å². The average Bonchev–Trinajstić information content (AvgIpc) is 2.87. The van der Waals surface area contributed by atoms with E-state index in [9.17, 15) is 28.4 Å². The number of carbonyl (C=O) groups excluding carboxylic acids is 1. The van der Waals surface area contributed by atoms with Crippen molar-refractivity contribution in [2.24, 2.45) is 0 Å². The number of para-hydroxylation sites is 1. The highest BCUT2D eigenvalue weighted by molar-refractivity contribution is 7.89. The number of hydrogen-bond donors (Lipinski definition) is 2. The fourth-order valence-electron chi connectivity index (χ4n) is 2.51. The van der Waals surface area contributed by atoms with Crippen LogP contribution in [0.3, 0.4) is 0 Å². The number of ether oxygens (including phenoxy) is 1. The van der Waals surface area contributed by atoms with E-state index >= 15 is 0 Å². The Morgan fingerprint density at radius 2 is 1.96 bits per heavy atom. The van der Waals surface area contributed by atoms with E-state index in [0.717, 1.165) is 16.4 Å². The molecule has 2 unspecified atom stereocenters. The van der Waals surface area contributed by atoms with Gasteiger partial charge in [0.05, 0.1) is 17.1 Å². The number of aliphatic hydroxyl groups is 1. The van der Waals surface area contributed by atoms with E-state index in [4.69, 9.17) is 4.74 Å². The summed E-state index contributed by atoms with van der Waals surface area (Å²) < 4.78 is 31.5. The van der Waals surface area contributed by atoms with Gasteiger partial charge in [-0.1, -0.05) is 12.1 Å². The van der Waals surface area contributed by atoms with E-state index in [1.807, 2.05) is 0 Å². The van der Waals surface area contributed by atoms with Gasteiger partial charge in [0.2, 0.25) is 10.0 Å². The Morgan fingerprint density at radius 1 is 1.35 bits per heavy atom. The molecule has 1 fully saturated rings. The van der Waals surface area contributed by atoms with Crippen molar-refractivity contribution in [3.05, 3.63) is 34.4 Å². The van der Waals surface area contributed by atoms with Gasteiger partial charge in [-0.25, -0.2) is 13.2 Å². The summed E-state index contributed by atoms with van der Waals surface area (Å²) in [5.41, 5.74) is -1.30. The summed E-state index contributed by atoms with van der Waals surface area (Å²) in [5, 5.41) is 23.6. The molecule has 0 bridgehead atoms. The number of nitro groups is 1. The van der Waals surface area contributed by atoms with E-state index in [2.05, 4.69) is 5.32 Å². The molecule has 2 rings (SSSR count). The molecule has 1 aromatic rings. The molecule has 1 amide bonds. The summed E-state index contributed by atoms with van der Waals surface area (Å²) >= 11 is 0. The van der Waals surface area contributed by atoms with Crippen molar-refractivity contribution in [2.75, 3.05) is 13.1 Å². The molecule has 0 saturated carbocycles. The summed E-state index contributed by atoms with van der Waals surface area (Å²) in [7, 11) is -4.21. The SMILES string of the molecule is CC(C)(C)OC(=O)NC1CN(S(=O)(=O)c2ccccc2[N+](=O)[O-])CC1O. The smallest absolute Gasteiger partial charge is 0.408 e. The second-order valence-corrected chi connectivity index (χ2v) is 8.77. The molecule has 0 aromatic heterocycles. The lowest BCUT2D eigenvalue weighted by Crippen LogP contribution is -2.45. The fraction of sp³-hybridized carbons (Fsp3) is 0.533. The Labute approximate surface area is 151 Å². The van der Waals surface area contributed by atoms with E-state index < -0.39 is 49.4 Å². The molecule has 2 N–H and O–H groups in total. The van der Waals surface area contributed by atoms with Crippen molar-refractivity contribution >= 4 is 21.8 Å². The Bertz CT molecular complexity index is 804. The monoisotopic (exact) mass is 387 g/mol. The molecular weight excluding hydrogens is 366 g/mol. The van der Waals surface area contributed by atoms with Crippen LogP contribution in [0.25, 0.3) is 0 Å². The summed E-state index contributed by atoms with van der Waals surface area (Å²) in [4.78, 5) is 21.7. The van der Waals surface area contributed by atoms with Crippen LogP contribution in [0.4, 0.5) is 10.5 Å². The number of nitro benzene ring substituents is 1. The number of nitrogens with zero attached hydrogens (tertiary/aromatic N) is 2. The van der Waals surface area contributed by atoms with Crippen LogP contribution in [0.5, 0.6) is 0 Å². The van der Waals surface area contributed by atoms with Crippen molar-refractivity contribution < 1.29 is 28.0 Å². The molecule has 1 aromatic carbocycles. The molecule has 1 heterocycles. The molecule has 144 valence electrons. The molecule has 10 nitrogen and oxygen atoms in total. The van der Waals surface area contributed by atoms with Crippen molar-refractivity contribution in [3.63, 3.8) is 0 Å². The maximum Gasteiger partial charge on any atom is 0.408 e. The third-order valence-electron chi connectivity index (χ3n) is 3.64. The van der Waals surface area contributed by atoms with E-state index in [1.165, 1.54) is 12.1 Å². The number of carbonyl (C=O) groups is 1. The van der Waals surface area contributed by atoms with Gasteiger partial charge >= 0.3 is 6.09 Å². The molecule has 0 radical (unpaired) electrons. The first-order valence-corrected chi connectivity index (χ1v) is 9.27. The molecule has 1 aliphatic rings. The Hall–Kier alpha value is -2.24. The second kappa shape index (κ2) is 7.17. The maximum atomic E-state index is 12.7. The van der Waals surface area contributed by atoms with E-state index in [-0.39, 0.29) is 13.1 Å². The van der Waals surface area contributed by atoms with Crippen molar-refractivity contribution in [1.82, 2.24) is 9.62 Å². The third-order valence-corrected chi connectivity index (χ3v) is 5.52. The standard InChI is InChI=1S/C15H21N3O7S/c1-15(2,3)25-14(20)16-10-8-17(9-12(10)19)26(23,24)13-7-5-4-6-11(13)18(21)22/h4-7,10,12,19H,8-9H2,1-3H3,(H,16,20). The number of amides is 1. The first kappa shape index (κ1) is 20.1. The van der Waals surface area contributed by atoms with Gasteiger partial charge in [-0.3, -0.25) is 10.1 Å². The van der Waals surface area contributed by atoms with Crippen LogP contribution >= 0.6 is 0 Å². The Morgan fingerprint density at radius 3 is 2.54 bits per heavy atom. The molecular formula is C15H21N3O7S. The zero-order valence-electron chi connectivity index (χ0n) is 14.6. The summed E-state index contributed by atoms with van der Waals surface area (Å²) in [5.74, 6) is 0. The minimum Gasteiger partial charge on any atom is -0.444 e. The van der Waals surface area contributed by atoms with Crippen LogP contribution < -0.4 is 5.32 Å². The molecule has 2 atom stereocenters. The predicted molar refractivity (Wildman–Crippen MR) is 91.0 cm³/mol. The zero-order valence-corrected chi connectivity index (χ0v) is 15.4. The van der Waals surface area contributed by atoms with Crippen LogP contribution in [0.2, 0.25) is 0 Å². The summed E-state index contributed by atoms with van der Waals surface area (Å²) in [6.07, 6.45) is -1.95. The first-order chi connectivity index (χ1) is 11.9. The van der Waals surface area contributed by atoms with Crippen LogP contribution in [0, 0.1) is 10.1 Å². The van der Waals surface area contributed by atoms with Crippen molar-refractivity contribution in [3.8, 4) is 0 Å². The van der Waals surface area contributed by atoms with E-state index in [1.54, 1.807) is 20.8 Å². The summed E-state index contributed by atoms with van der Waals surface area (Å²) in [6.45, 7) is 4.48. The van der Waals surface area contributed by atoms with Crippen LogP contribution in [-0.2, 0) is 14.8 Å². The van der Waals surface area contributed by atoms with Crippen LogP contribution in [0.15, 0.2) is 29.2 Å². The van der Waals surface area contributed by atoms with Crippen LogP contribution in [-0.4, -0.2) is 59.7 Å². The van der Waals surface area contributed by atoms with Gasteiger partial charge in [0, 0.05) is 19.2 Å².